The topological polar surface area (TPSA) is 70.2 Å². The molecule has 2 aliphatic heterocycles. The third-order valence-electron chi connectivity index (χ3n) is 3.70. The molecule has 0 spiro atoms. The maximum absolute atomic E-state index is 12.2. The Morgan fingerprint density at radius 1 is 1.32 bits per heavy atom. The van der Waals surface area contributed by atoms with Gasteiger partial charge in [-0.1, -0.05) is 18.2 Å². The van der Waals surface area contributed by atoms with Gasteiger partial charge in [0.25, 0.3) is 0 Å². The summed E-state index contributed by atoms with van der Waals surface area (Å²) in [5, 5.41) is 9.00. The van der Waals surface area contributed by atoms with Gasteiger partial charge in [-0.15, -0.1) is 0 Å². The number of nitrogens with one attached hydrogen (secondary N) is 3. The van der Waals surface area contributed by atoms with Gasteiger partial charge in [0.2, 0.25) is 11.8 Å². The van der Waals surface area contributed by atoms with E-state index in [9.17, 15) is 9.59 Å². The van der Waals surface area contributed by atoms with Crippen molar-refractivity contribution in [3.05, 3.63) is 29.8 Å². The second-order valence-electron chi connectivity index (χ2n) is 5.11. The molecule has 2 amide bonds. The van der Waals surface area contributed by atoms with Crippen LogP contribution in [0.4, 0.5) is 5.69 Å². The van der Waals surface area contributed by atoms with Crippen LogP contribution in [0.25, 0.3) is 0 Å². The van der Waals surface area contributed by atoms with Crippen LogP contribution in [0.3, 0.4) is 0 Å². The van der Waals surface area contributed by atoms with Gasteiger partial charge in [-0.2, -0.15) is 0 Å². The first-order chi connectivity index (χ1) is 9.22. The molecule has 0 radical (unpaired) electrons. The highest BCUT2D eigenvalue weighted by molar-refractivity contribution is 5.88. The summed E-state index contributed by atoms with van der Waals surface area (Å²) < 4.78 is 0. The molecule has 2 heterocycles. The first-order valence-corrected chi connectivity index (χ1v) is 6.64. The Labute approximate surface area is 111 Å². The fourth-order valence-electron chi connectivity index (χ4n) is 2.61. The Balaban J connectivity index is 1.56. The minimum Gasteiger partial charge on any atom is -0.373 e. The summed E-state index contributed by atoms with van der Waals surface area (Å²) in [4.78, 5) is 23.2. The molecule has 2 aliphatic rings. The van der Waals surface area contributed by atoms with Crippen LogP contribution in [-0.2, 0) is 16.0 Å². The van der Waals surface area contributed by atoms with Gasteiger partial charge in [0.05, 0.1) is 0 Å². The fourth-order valence-corrected chi connectivity index (χ4v) is 2.61. The zero-order valence-corrected chi connectivity index (χ0v) is 10.6. The molecule has 1 aromatic carbocycles. The molecule has 3 rings (SSSR count). The maximum atomic E-state index is 12.2. The highest BCUT2D eigenvalue weighted by atomic mass is 16.2. The molecular weight excluding hydrogens is 242 g/mol. The largest absolute Gasteiger partial charge is 0.373 e. The highest BCUT2D eigenvalue weighted by Gasteiger charge is 2.28. The zero-order chi connectivity index (χ0) is 13.2. The summed E-state index contributed by atoms with van der Waals surface area (Å²) >= 11 is 0. The third kappa shape index (κ3) is 2.54. The second kappa shape index (κ2) is 4.91. The Morgan fingerprint density at radius 3 is 2.89 bits per heavy atom. The Kier molecular flexibility index (Phi) is 3.11. The van der Waals surface area contributed by atoms with Crippen molar-refractivity contribution < 1.29 is 9.59 Å². The Morgan fingerprint density at radius 2 is 2.16 bits per heavy atom. The summed E-state index contributed by atoms with van der Waals surface area (Å²) in [6, 6.07) is 7.82. The van der Waals surface area contributed by atoms with E-state index >= 15 is 0 Å². The van der Waals surface area contributed by atoms with Gasteiger partial charge >= 0.3 is 0 Å². The molecule has 0 saturated carbocycles. The molecule has 5 heteroatoms. The van der Waals surface area contributed by atoms with Crippen LogP contribution in [0.5, 0.6) is 0 Å². The van der Waals surface area contributed by atoms with E-state index in [2.05, 4.69) is 16.0 Å². The number of hydrogen-bond acceptors (Lipinski definition) is 3. The van der Waals surface area contributed by atoms with Crippen molar-refractivity contribution in [2.45, 2.75) is 31.3 Å². The second-order valence-corrected chi connectivity index (χ2v) is 5.11. The summed E-state index contributed by atoms with van der Waals surface area (Å²) in [6.45, 7) is 0.532. The van der Waals surface area contributed by atoms with Crippen molar-refractivity contribution in [1.82, 2.24) is 10.6 Å². The van der Waals surface area contributed by atoms with Gasteiger partial charge in [-0.3, -0.25) is 9.59 Å². The highest BCUT2D eigenvalue weighted by Crippen LogP contribution is 2.25. The van der Waals surface area contributed by atoms with Crippen molar-refractivity contribution in [1.29, 1.82) is 0 Å². The van der Waals surface area contributed by atoms with E-state index in [1.54, 1.807) is 0 Å². The minimum atomic E-state index is -0.199. The predicted octanol–water partition coefficient (Wildman–Crippen LogP) is 0.418. The molecule has 1 saturated heterocycles. The maximum Gasteiger partial charge on any atom is 0.243 e. The molecule has 3 N–H and O–H groups in total. The Hall–Kier alpha value is -2.04. The average molecular weight is 259 g/mol. The molecule has 2 unspecified atom stereocenters. The lowest BCUT2D eigenvalue weighted by Gasteiger charge is -2.25. The van der Waals surface area contributed by atoms with E-state index in [0.717, 1.165) is 18.5 Å². The zero-order valence-electron chi connectivity index (χ0n) is 10.6. The minimum absolute atomic E-state index is 0.0114. The SMILES string of the molecule is O=C1CCC(NC(=O)C2Cc3ccccc3N2)CN1. The molecule has 100 valence electrons. The molecule has 1 fully saturated rings. The number of carbonyl (C=O) groups excluding carboxylic acids is 2. The molecule has 1 aromatic rings. The molecule has 0 bridgehead atoms. The number of para-hydroxylation sites is 1. The van der Waals surface area contributed by atoms with E-state index in [1.807, 2.05) is 24.3 Å². The monoisotopic (exact) mass is 259 g/mol. The first kappa shape index (κ1) is 12.0. The Bertz CT molecular complexity index is 480. The van der Waals surface area contributed by atoms with E-state index < -0.39 is 0 Å². The van der Waals surface area contributed by atoms with Crippen LogP contribution in [0.1, 0.15) is 18.4 Å². The number of benzene rings is 1. The summed E-state index contributed by atoms with van der Waals surface area (Å²) in [6.07, 6.45) is 1.93. The van der Waals surface area contributed by atoms with E-state index in [-0.39, 0.29) is 23.9 Å². The van der Waals surface area contributed by atoms with Gasteiger partial charge < -0.3 is 16.0 Å². The fraction of sp³-hybridized carbons (Fsp3) is 0.429. The summed E-state index contributed by atoms with van der Waals surface area (Å²) in [5.74, 6) is 0.0780. The smallest absolute Gasteiger partial charge is 0.243 e. The molecular formula is C14H17N3O2. The van der Waals surface area contributed by atoms with Crippen molar-refractivity contribution in [2.75, 3.05) is 11.9 Å². The normalized spacial score (nSPS) is 25.2. The lowest BCUT2D eigenvalue weighted by molar-refractivity contribution is -0.126. The van der Waals surface area contributed by atoms with Crippen LogP contribution in [0.2, 0.25) is 0 Å². The lowest BCUT2D eigenvalue weighted by Crippen LogP contribution is -2.51. The number of fused-ring (bicyclic) bond motifs is 1. The number of hydrogen-bond donors (Lipinski definition) is 3. The van der Waals surface area contributed by atoms with Gasteiger partial charge in [0.15, 0.2) is 0 Å². The number of amides is 2. The molecule has 2 atom stereocenters. The van der Waals surface area contributed by atoms with Gasteiger partial charge in [0, 0.05) is 31.1 Å². The average Bonchev–Trinajstić information content (AvgIpc) is 2.85. The molecule has 19 heavy (non-hydrogen) atoms. The van der Waals surface area contributed by atoms with E-state index in [0.29, 0.717) is 13.0 Å². The first-order valence-electron chi connectivity index (χ1n) is 6.64. The third-order valence-corrected chi connectivity index (χ3v) is 3.70. The quantitative estimate of drug-likeness (QED) is 0.721. The lowest BCUT2D eigenvalue weighted by atomic mass is 10.1. The summed E-state index contributed by atoms with van der Waals surface area (Å²) in [7, 11) is 0. The van der Waals surface area contributed by atoms with Crippen molar-refractivity contribution in [3.8, 4) is 0 Å². The standard InChI is InChI=1S/C14H17N3O2/c18-13-6-5-10(8-15-13)16-14(19)12-7-9-3-1-2-4-11(9)17-12/h1-4,10,12,17H,5-8H2,(H,15,18)(H,16,19). The van der Waals surface area contributed by atoms with E-state index in [4.69, 9.17) is 0 Å². The van der Waals surface area contributed by atoms with Crippen LogP contribution in [0.15, 0.2) is 24.3 Å². The number of piperidine rings is 1. The number of rotatable bonds is 2. The summed E-state index contributed by atoms with van der Waals surface area (Å²) in [5.41, 5.74) is 2.22. The van der Waals surface area contributed by atoms with Crippen LogP contribution in [0, 0.1) is 0 Å². The predicted molar refractivity (Wildman–Crippen MR) is 71.7 cm³/mol. The number of carbonyl (C=O) groups is 2. The van der Waals surface area contributed by atoms with Gasteiger partial charge in [-0.05, 0) is 18.1 Å². The number of anilines is 1. The van der Waals surface area contributed by atoms with Crippen molar-refractivity contribution >= 4 is 17.5 Å². The van der Waals surface area contributed by atoms with Crippen molar-refractivity contribution in [2.24, 2.45) is 0 Å². The van der Waals surface area contributed by atoms with Gasteiger partial charge in [-0.25, -0.2) is 0 Å². The molecule has 0 aromatic heterocycles. The molecule has 5 nitrogen and oxygen atoms in total. The van der Waals surface area contributed by atoms with E-state index in [1.165, 1.54) is 5.56 Å². The van der Waals surface area contributed by atoms with Crippen LogP contribution >= 0.6 is 0 Å². The van der Waals surface area contributed by atoms with Crippen LogP contribution < -0.4 is 16.0 Å². The van der Waals surface area contributed by atoms with Gasteiger partial charge in [0.1, 0.15) is 6.04 Å². The van der Waals surface area contributed by atoms with Crippen LogP contribution in [-0.4, -0.2) is 30.4 Å². The van der Waals surface area contributed by atoms with Crippen molar-refractivity contribution in [3.63, 3.8) is 0 Å². The molecule has 0 aliphatic carbocycles.